The summed E-state index contributed by atoms with van der Waals surface area (Å²) in [7, 11) is -3.89. The van der Waals surface area contributed by atoms with Gasteiger partial charge in [-0.15, -0.1) is 0 Å². The van der Waals surface area contributed by atoms with Gasteiger partial charge in [-0.05, 0) is 36.5 Å². The second-order valence-corrected chi connectivity index (χ2v) is 6.47. The van der Waals surface area contributed by atoms with E-state index >= 15 is 0 Å². The SMILES string of the molecule is CC1CC1CNc1ccc(S(N)(=O)=O)cc1C(=O)O. The molecule has 0 aromatic heterocycles. The van der Waals surface area contributed by atoms with Crippen LogP contribution in [0.4, 0.5) is 5.69 Å². The van der Waals surface area contributed by atoms with Gasteiger partial charge in [0, 0.05) is 12.2 Å². The highest BCUT2D eigenvalue weighted by Crippen LogP contribution is 2.37. The number of anilines is 1. The molecule has 19 heavy (non-hydrogen) atoms. The summed E-state index contributed by atoms with van der Waals surface area (Å²) in [6, 6.07) is 3.83. The third-order valence-electron chi connectivity index (χ3n) is 3.38. The minimum absolute atomic E-state index is 0.0835. The number of carboxylic acids is 1. The molecule has 7 heteroatoms. The summed E-state index contributed by atoms with van der Waals surface area (Å²) in [6.07, 6.45) is 1.13. The molecular formula is C12H16N2O4S. The van der Waals surface area contributed by atoms with Crippen LogP contribution in [0.5, 0.6) is 0 Å². The maximum absolute atomic E-state index is 11.2. The Labute approximate surface area is 111 Å². The molecule has 1 aliphatic rings. The van der Waals surface area contributed by atoms with E-state index in [1.807, 2.05) is 0 Å². The fourth-order valence-corrected chi connectivity index (χ4v) is 2.50. The van der Waals surface area contributed by atoms with Crippen LogP contribution in [-0.4, -0.2) is 26.0 Å². The Morgan fingerprint density at radius 3 is 2.63 bits per heavy atom. The Morgan fingerprint density at radius 1 is 1.53 bits per heavy atom. The topological polar surface area (TPSA) is 109 Å². The van der Waals surface area contributed by atoms with E-state index in [-0.39, 0.29) is 10.5 Å². The van der Waals surface area contributed by atoms with Gasteiger partial charge < -0.3 is 10.4 Å². The number of benzene rings is 1. The van der Waals surface area contributed by atoms with Crippen molar-refractivity contribution in [2.24, 2.45) is 17.0 Å². The Balaban J connectivity index is 2.25. The Morgan fingerprint density at radius 2 is 2.16 bits per heavy atom. The first-order valence-corrected chi connectivity index (χ1v) is 7.47. The third kappa shape index (κ3) is 3.24. The molecule has 6 nitrogen and oxygen atoms in total. The van der Waals surface area contributed by atoms with Gasteiger partial charge in [-0.2, -0.15) is 0 Å². The lowest BCUT2D eigenvalue weighted by molar-refractivity contribution is 0.0697. The molecule has 1 fully saturated rings. The molecule has 2 rings (SSSR count). The fraction of sp³-hybridized carbons (Fsp3) is 0.417. The molecule has 104 valence electrons. The zero-order valence-electron chi connectivity index (χ0n) is 10.5. The second kappa shape index (κ2) is 4.82. The van der Waals surface area contributed by atoms with Crippen LogP contribution in [-0.2, 0) is 10.0 Å². The summed E-state index contributed by atoms with van der Waals surface area (Å²) >= 11 is 0. The predicted molar refractivity (Wildman–Crippen MR) is 70.5 cm³/mol. The van der Waals surface area contributed by atoms with Crippen molar-refractivity contribution in [3.05, 3.63) is 23.8 Å². The summed E-state index contributed by atoms with van der Waals surface area (Å²) in [5.74, 6) is 0.0286. The van der Waals surface area contributed by atoms with Gasteiger partial charge in [0.25, 0.3) is 0 Å². The molecule has 4 N–H and O–H groups in total. The number of carboxylic acid groups (broad SMARTS) is 1. The van der Waals surface area contributed by atoms with E-state index in [0.29, 0.717) is 24.1 Å². The van der Waals surface area contributed by atoms with E-state index in [4.69, 9.17) is 10.2 Å². The molecule has 0 bridgehead atoms. The first kappa shape index (κ1) is 13.8. The van der Waals surface area contributed by atoms with Crippen LogP contribution >= 0.6 is 0 Å². The number of aromatic carboxylic acids is 1. The van der Waals surface area contributed by atoms with Crippen LogP contribution in [0.25, 0.3) is 0 Å². The van der Waals surface area contributed by atoms with Gasteiger partial charge in [0.2, 0.25) is 10.0 Å². The zero-order chi connectivity index (χ0) is 14.2. The molecule has 1 aromatic carbocycles. The first-order valence-electron chi connectivity index (χ1n) is 5.93. The number of rotatable bonds is 5. The van der Waals surface area contributed by atoms with Gasteiger partial charge in [0.15, 0.2) is 0 Å². The fourth-order valence-electron chi connectivity index (χ4n) is 1.96. The molecule has 0 aliphatic heterocycles. The normalized spacial score (nSPS) is 22.0. The molecule has 0 amide bonds. The standard InChI is InChI=1S/C12H16N2O4S/c1-7-4-8(7)6-14-11-3-2-9(19(13,17)18)5-10(11)12(15)16/h2-3,5,7-8,14H,4,6H2,1H3,(H,15,16)(H2,13,17,18). The van der Waals surface area contributed by atoms with Crippen molar-refractivity contribution >= 4 is 21.7 Å². The van der Waals surface area contributed by atoms with Crippen molar-refractivity contribution in [3.63, 3.8) is 0 Å². The van der Waals surface area contributed by atoms with Gasteiger partial charge in [-0.3, -0.25) is 0 Å². The molecule has 1 saturated carbocycles. The van der Waals surface area contributed by atoms with Crippen LogP contribution < -0.4 is 10.5 Å². The molecule has 1 aliphatic carbocycles. The van der Waals surface area contributed by atoms with Crippen molar-refractivity contribution in [1.29, 1.82) is 0 Å². The average Bonchev–Trinajstić information content (AvgIpc) is 3.01. The maximum atomic E-state index is 11.2. The number of carbonyl (C=O) groups is 1. The van der Waals surface area contributed by atoms with Crippen molar-refractivity contribution in [2.45, 2.75) is 18.2 Å². The molecular weight excluding hydrogens is 268 g/mol. The predicted octanol–water partition coefficient (Wildman–Crippen LogP) is 1.10. The molecule has 0 heterocycles. The number of primary sulfonamides is 1. The number of nitrogens with one attached hydrogen (secondary N) is 1. The lowest BCUT2D eigenvalue weighted by Crippen LogP contribution is -2.15. The highest BCUT2D eigenvalue weighted by atomic mass is 32.2. The molecule has 0 radical (unpaired) electrons. The smallest absolute Gasteiger partial charge is 0.337 e. The largest absolute Gasteiger partial charge is 0.478 e. The van der Waals surface area contributed by atoms with Crippen LogP contribution in [0.1, 0.15) is 23.7 Å². The van der Waals surface area contributed by atoms with E-state index in [1.54, 1.807) is 0 Å². The molecule has 0 saturated heterocycles. The Bertz CT molecular complexity index is 612. The second-order valence-electron chi connectivity index (χ2n) is 4.91. The lowest BCUT2D eigenvalue weighted by Gasteiger charge is -2.10. The number of sulfonamides is 1. The Kier molecular flexibility index (Phi) is 3.51. The maximum Gasteiger partial charge on any atom is 0.337 e. The first-order chi connectivity index (χ1) is 8.79. The summed E-state index contributed by atoms with van der Waals surface area (Å²) in [6.45, 7) is 2.82. The van der Waals surface area contributed by atoms with Crippen LogP contribution in [0.2, 0.25) is 0 Å². The van der Waals surface area contributed by atoms with Crippen LogP contribution in [0.3, 0.4) is 0 Å². The van der Waals surface area contributed by atoms with E-state index in [0.717, 1.165) is 12.5 Å². The van der Waals surface area contributed by atoms with E-state index < -0.39 is 16.0 Å². The summed E-state index contributed by atoms with van der Waals surface area (Å²) in [5.41, 5.74) is 0.332. The molecule has 2 atom stereocenters. The average molecular weight is 284 g/mol. The number of hydrogen-bond acceptors (Lipinski definition) is 4. The van der Waals surface area contributed by atoms with Crippen molar-refractivity contribution in [1.82, 2.24) is 0 Å². The number of nitrogens with two attached hydrogens (primary N) is 1. The highest BCUT2D eigenvalue weighted by molar-refractivity contribution is 7.89. The van der Waals surface area contributed by atoms with Crippen molar-refractivity contribution in [3.8, 4) is 0 Å². The van der Waals surface area contributed by atoms with Gasteiger partial charge in [-0.1, -0.05) is 6.92 Å². The molecule has 1 aromatic rings. The van der Waals surface area contributed by atoms with Crippen molar-refractivity contribution in [2.75, 3.05) is 11.9 Å². The van der Waals surface area contributed by atoms with Crippen LogP contribution in [0.15, 0.2) is 23.1 Å². The van der Waals surface area contributed by atoms with Gasteiger partial charge in [-0.25, -0.2) is 18.4 Å². The zero-order valence-corrected chi connectivity index (χ0v) is 11.3. The highest BCUT2D eigenvalue weighted by Gasteiger charge is 2.32. The number of hydrogen-bond donors (Lipinski definition) is 3. The minimum Gasteiger partial charge on any atom is -0.478 e. The summed E-state index contributed by atoms with van der Waals surface area (Å²) in [5, 5.41) is 17.1. The quantitative estimate of drug-likeness (QED) is 0.750. The van der Waals surface area contributed by atoms with Crippen molar-refractivity contribution < 1.29 is 18.3 Å². The van der Waals surface area contributed by atoms with E-state index in [2.05, 4.69) is 12.2 Å². The van der Waals surface area contributed by atoms with E-state index in [9.17, 15) is 13.2 Å². The van der Waals surface area contributed by atoms with Gasteiger partial charge >= 0.3 is 5.97 Å². The Hall–Kier alpha value is -1.60. The third-order valence-corrected chi connectivity index (χ3v) is 4.29. The molecule has 2 unspecified atom stereocenters. The monoisotopic (exact) mass is 284 g/mol. The van der Waals surface area contributed by atoms with Gasteiger partial charge in [0.05, 0.1) is 10.5 Å². The summed E-state index contributed by atoms with van der Waals surface area (Å²) in [4.78, 5) is 11.0. The van der Waals surface area contributed by atoms with Gasteiger partial charge in [0.1, 0.15) is 0 Å². The van der Waals surface area contributed by atoms with Crippen LogP contribution in [0, 0.1) is 11.8 Å². The molecule has 0 spiro atoms. The van der Waals surface area contributed by atoms with E-state index in [1.165, 1.54) is 12.1 Å². The minimum atomic E-state index is -3.89. The lowest BCUT2D eigenvalue weighted by atomic mass is 10.1. The summed E-state index contributed by atoms with van der Waals surface area (Å²) < 4.78 is 22.4.